The summed E-state index contributed by atoms with van der Waals surface area (Å²) in [5, 5.41) is 7.91. The van der Waals surface area contributed by atoms with Crippen LogP contribution >= 0.6 is 23.2 Å². The lowest BCUT2D eigenvalue weighted by Crippen LogP contribution is -2.42. The standard InChI is InChI=1S/C19H13Cl2F3N4O2/c1-29-17-4-11(2-3-16(17)28-10-25-9-26-28)15-8-18(30-27-15,19(22,23)24)12-5-13(20)7-14(21)6-12/h2-7,9-10H,8H2,1H3. The fourth-order valence-electron chi connectivity index (χ4n) is 3.22. The van der Waals surface area contributed by atoms with Crippen molar-refractivity contribution in [3.05, 3.63) is 70.2 Å². The smallest absolute Gasteiger partial charge is 0.435 e. The van der Waals surface area contributed by atoms with Gasteiger partial charge >= 0.3 is 6.18 Å². The van der Waals surface area contributed by atoms with Gasteiger partial charge in [-0.3, -0.25) is 0 Å². The number of nitrogens with zero attached hydrogens (tertiary/aromatic N) is 4. The maximum atomic E-state index is 14.1. The van der Waals surface area contributed by atoms with E-state index in [2.05, 4.69) is 15.2 Å². The van der Waals surface area contributed by atoms with Gasteiger partial charge in [0, 0.05) is 27.6 Å². The maximum absolute atomic E-state index is 14.1. The van der Waals surface area contributed by atoms with E-state index < -0.39 is 18.2 Å². The summed E-state index contributed by atoms with van der Waals surface area (Å²) in [6, 6.07) is 8.52. The highest BCUT2D eigenvalue weighted by Gasteiger charge is 2.62. The number of rotatable bonds is 4. The highest BCUT2D eigenvalue weighted by molar-refractivity contribution is 6.34. The zero-order chi connectivity index (χ0) is 21.5. The van der Waals surface area contributed by atoms with E-state index in [0.717, 1.165) is 0 Å². The SMILES string of the molecule is COc1cc(C2=NOC(c3cc(Cl)cc(Cl)c3)(C(F)(F)F)C2)ccc1-n1cncn1. The van der Waals surface area contributed by atoms with Crippen LogP contribution < -0.4 is 4.74 Å². The van der Waals surface area contributed by atoms with Crippen LogP contribution in [0.3, 0.4) is 0 Å². The molecule has 0 radical (unpaired) electrons. The lowest BCUT2D eigenvalue weighted by molar-refractivity contribution is -0.275. The van der Waals surface area contributed by atoms with E-state index in [-0.39, 0.29) is 21.3 Å². The molecule has 0 aliphatic carbocycles. The highest BCUT2D eigenvalue weighted by atomic mass is 35.5. The van der Waals surface area contributed by atoms with Gasteiger partial charge in [0.05, 0.1) is 12.8 Å². The Bertz CT molecular complexity index is 1100. The van der Waals surface area contributed by atoms with Gasteiger partial charge in [-0.15, -0.1) is 0 Å². The normalized spacial score (nSPS) is 18.8. The van der Waals surface area contributed by atoms with Crippen LogP contribution in [0.5, 0.6) is 5.75 Å². The van der Waals surface area contributed by atoms with Crippen LogP contribution in [0.15, 0.2) is 54.2 Å². The molecule has 0 saturated carbocycles. The topological polar surface area (TPSA) is 61.5 Å². The fraction of sp³-hybridized carbons (Fsp3) is 0.211. The number of benzene rings is 2. The molecule has 0 fully saturated rings. The van der Waals surface area contributed by atoms with Gasteiger partial charge in [0.15, 0.2) is 0 Å². The van der Waals surface area contributed by atoms with Crippen LogP contribution in [0.1, 0.15) is 17.5 Å². The first-order chi connectivity index (χ1) is 14.2. The Balaban J connectivity index is 1.72. The Kier molecular flexibility index (Phi) is 5.11. The molecule has 1 aromatic heterocycles. The number of hydrogen-bond donors (Lipinski definition) is 0. The molecule has 0 saturated heterocycles. The number of aromatic nitrogens is 3. The van der Waals surface area contributed by atoms with Crippen molar-refractivity contribution in [2.45, 2.75) is 18.2 Å². The minimum atomic E-state index is -4.77. The van der Waals surface area contributed by atoms with Crippen molar-refractivity contribution in [3.63, 3.8) is 0 Å². The Morgan fingerprint density at radius 3 is 2.47 bits per heavy atom. The molecular formula is C19H13Cl2F3N4O2. The lowest BCUT2D eigenvalue weighted by Gasteiger charge is -2.29. The molecule has 1 atom stereocenters. The molecule has 6 nitrogen and oxygen atoms in total. The highest BCUT2D eigenvalue weighted by Crippen LogP contribution is 2.49. The zero-order valence-corrected chi connectivity index (χ0v) is 16.8. The first-order valence-corrected chi connectivity index (χ1v) is 9.31. The third kappa shape index (κ3) is 3.48. The second kappa shape index (κ2) is 7.48. The lowest BCUT2D eigenvalue weighted by atomic mass is 9.86. The summed E-state index contributed by atoms with van der Waals surface area (Å²) in [7, 11) is 1.44. The largest absolute Gasteiger partial charge is 0.494 e. The van der Waals surface area contributed by atoms with Crippen LogP contribution in [0.25, 0.3) is 5.69 Å². The van der Waals surface area contributed by atoms with Crippen LogP contribution in [0.2, 0.25) is 10.0 Å². The number of alkyl halides is 3. The number of ether oxygens (including phenoxy) is 1. The number of methoxy groups -OCH3 is 1. The van der Waals surface area contributed by atoms with Crippen molar-refractivity contribution in [2.75, 3.05) is 7.11 Å². The van der Waals surface area contributed by atoms with Crippen molar-refractivity contribution >= 4 is 28.9 Å². The van der Waals surface area contributed by atoms with E-state index in [9.17, 15) is 13.2 Å². The first kappa shape index (κ1) is 20.5. The van der Waals surface area contributed by atoms with Crippen LogP contribution in [-0.2, 0) is 10.4 Å². The Morgan fingerprint density at radius 2 is 1.87 bits per heavy atom. The Labute approximate surface area is 178 Å². The zero-order valence-electron chi connectivity index (χ0n) is 15.3. The molecule has 2 heterocycles. The molecule has 1 aliphatic rings. The minimum absolute atomic E-state index is 0.0667. The average Bonchev–Trinajstić information content (AvgIpc) is 3.37. The summed E-state index contributed by atoms with van der Waals surface area (Å²) in [5.41, 5.74) is -1.84. The van der Waals surface area contributed by atoms with Gasteiger partial charge in [0.1, 0.15) is 24.1 Å². The molecule has 0 bridgehead atoms. The van der Waals surface area contributed by atoms with Gasteiger partial charge in [-0.05, 0) is 30.3 Å². The Morgan fingerprint density at radius 1 is 1.13 bits per heavy atom. The predicted molar refractivity (Wildman–Crippen MR) is 104 cm³/mol. The summed E-state index contributed by atoms with van der Waals surface area (Å²) < 4.78 is 49.2. The van der Waals surface area contributed by atoms with E-state index in [1.807, 2.05) is 0 Å². The van der Waals surface area contributed by atoms with Gasteiger partial charge < -0.3 is 9.57 Å². The molecule has 0 spiro atoms. The summed E-state index contributed by atoms with van der Waals surface area (Å²) >= 11 is 11.9. The summed E-state index contributed by atoms with van der Waals surface area (Å²) in [6.45, 7) is 0. The number of halogens is 5. The molecule has 0 N–H and O–H groups in total. The molecule has 30 heavy (non-hydrogen) atoms. The molecular weight excluding hydrogens is 444 g/mol. The minimum Gasteiger partial charge on any atom is -0.494 e. The average molecular weight is 457 g/mol. The predicted octanol–water partition coefficient (Wildman–Crippen LogP) is 5.16. The molecule has 4 rings (SSSR count). The van der Waals surface area contributed by atoms with Gasteiger partial charge in [-0.25, -0.2) is 9.67 Å². The van der Waals surface area contributed by atoms with E-state index in [0.29, 0.717) is 17.0 Å². The summed E-state index contributed by atoms with van der Waals surface area (Å²) in [5.74, 6) is 0.385. The van der Waals surface area contributed by atoms with Crippen molar-refractivity contribution < 1.29 is 22.7 Å². The quantitative estimate of drug-likeness (QED) is 0.543. The van der Waals surface area contributed by atoms with E-state index in [1.165, 1.54) is 42.6 Å². The maximum Gasteiger partial charge on any atom is 0.435 e. The molecule has 2 aromatic carbocycles. The van der Waals surface area contributed by atoms with Crippen LogP contribution in [0, 0.1) is 0 Å². The van der Waals surface area contributed by atoms with Crippen molar-refractivity contribution in [1.29, 1.82) is 0 Å². The molecule has 3 aromatic rings. The first-order valence-electron chi connectivity index (χ1n) is 8.55. The van der Waals surface area contributed by atoms with Gasteiger partial charge in [-0.1, -0.05) is 34.4 Å². The van der Waals surface area contributed by atoms with Gasteiger partial charge in [0.2, 0.25) is 0 Å². The molecule has 0 amide bonds. The number of hydrogen-bond acceptors (Lipinski definition) is 5. The second-order valence-corrected chi connectivity index (χ2v) is 7.39. The third-order valence-corrected chi connectivity index (χ3v) is 5.13. The fourth-order valence-corrected chi connectivity index (χ4v) is 3.75. The number of oxime groups is 1. The Hall–Kier alpha value is -2.78. The third-order valence-electron chi connectivity index (χ3n) is 4.69. The molecule has 1 unspecified atom stereocenters. The monoisotopic (exact) mass is 456 g/mol. The molecule has 156 valence electrons. The van der Waals surface area contributed by atoms with Crippen LogP contribution in [-0.4, -0.2) is 33.8 Å². The summed E-state index contributed by atoms with van der Waals surface area (Å²) in [4.78, 5) is 8.90. The van der Waals surface area contributed by atoms with Crippen molar-refractivity contribution in [3.8, 4) is 11.4 Å². The van der Waals surface area contributed by atoms with E-state index in [4.69, 9.17) is 32.8 Å². The van der Waals surface area contributed by atoms with Crippen molar-refractivity contribution in [2.24, 2.45) is 5.16 Å². The summed E-state index contributed by atoms with van der Waals surface area (Å²) in [6.07, 6.45) is -2.49. The van der Waals surface area contributed by atoms with Gasteiger partial charge in [0.25, 0.3) is 5.60 Å². The molecule has 1 aliphatic heterocycles. The van der Waals surface area contributed by atoms with E-state index >= 15 is 0 Å². The van der Waals surface area contributed by atoms with Crippen LogP contribution in [0.4, 0.5) is 13.2 Å². The van der Waals surface area contributed by atoms with E-state index in [1.54, 1.807) is 18.2 Å². The van der Waals surface area contributed by atoms with Gasteiger partial charge in [-0.2, -0.15) is 18.3 Å². The molecule has 11 heteroatoms. The van der Waals surface area contributed by atoms with Crippen molar-refractivity contribution in [1.82, 2.24) is 14.8 Å². The second-order valence-electron chi connectivity index (χ2n) is 6.52.